The fraction of sp³-hybridized carbons (Fsp3) is 0.312. The third kappa shape index (κ3) is 4.40. The summed E-state index contributed by atoms with van der Waals surface area (Å²) in [6, 6.07) is 11.9. The molecule has 0 spiro atoms. The highest BCUT2D eigenvalue weighted by molar-refractivity contribution is 9.10. The van der Waals surface area contributed by atoms with E-state index in [1.165, 1.54) is 5.56 Å². The molecule has 1 unspecified atom stereocenters. The molecule has 0 bridgehead atoms. The van der Waals surface area contributed by atoms with Crippen LogP contribution in [0.4, 0.5) is 0 Å². The number of likely N-dealkylation sites (N-methyl/N-ethyl adjacent to an activating group) is 1. The van der Waals surface area contributed by atoms with Crippen molar-refractivity contribution in [3.05, 3.63) is 64.4 Å². The number of aliphatic hydroxyl groups is 1. The highest BCUT2D eigenvalue weighted by Crippen LogP contribution is 2.23. The van der Waals surface area contributed by atoms with Crippen molar-refractivity contribution in [2.24, 2.45) is 0 Å². The minimum Gasteiger partial charge on any atom is -0.387 e. The summed E-state index contributed by atoms with van der Waals surface area (Å²) in [5, 5.41) is 10.3. The Balaban J connectivity index is 1.85. The van der Waals surface area contributed by atoms with Crippen LogP contribution in [-0.2, 0) is 6.42 Å². The van der Waals surface area contributed by atoms with Crippen molar-refractivity contribution in [3.8, 4) is 0 Å². The maximum absolute atomic E-state index is 10.3. The van der Waals surface area contributed by atoms with Gasteiger partial charge in [-0.15, -0.1) is 0 Å². The fourth-order valence-electron chi connectivity index (χ4n) is 2.10. The van der Waals surface area contributed by atoms with Crippen LogP contribution in [0.2, 0.25) is 0 Å². The van der Waals surface area contributed by atoms with E-state index in [0.717, 1.165) is 23.0 Å². The van der Waals surface area contributed by atoms with Gasteiger partial charge < -0.3 is 10.0 Å². The Labute approximate surface area is 128 Å². The lowest BCUT2D eigenvalue weighted by Gasteiger charge is -2.21. The van der Waals surface area contributed by atoms with Crippen molar-refractivity contribution in [1.82, 2.24) is 9.88 Å². The summed E-state index contributed by atoms with van der Waals surface area (Å²) < 4.78 is 0.954. The molecule has 20 heavy (non-hydrogen) atoms. The lowest BCUT2D eigenvalue weighted by atomic mass is 10.1. The highest BCUT2D eigenvalue weighted by Gasteiger charge is 2.13. The molecule has 0 aliphatic rings. The summed E-state index contributed by atoms with van der Waals surface area (Å²) in [6.07, 6.45) is 4.10. The van der Waals surface area contributed by atoms with Crippen molar-refractivity contribution < 1.29 is 5.11 Å². The quantitative estimate of drug-likeness (QED) is 0.881. The van der Waals surface area contributed by atoms with E-state index in [9.17, 15) is 5.11 Å². The van der Waals surface area contributed by atoms with Crippen LogP contribution >= 0.6 is 15.9 Å². The van der Waals surface area contributed by atoms with E-state index in [1.807, 2.05) is 55.8 Å². The third-order valence-electron chi connectivity index (χ3n) is 3.28. The molecule has 0 aliphatic carbocycles. The lowest BCUT2D eigenvalue weighted by Crippen LogP contribution is -2.27. The van der Waals surface area contributed by atoms with Crippen molar-refractivity contribution in [1.29, 1.82) is 0 Å². The van der Waals surface area contributed by atoms with Crippen LogP contribution in [0.25, 0.3) is 0 Å². The Kier molecular flexibility index (Phi) is 5.71. The van der Waals surface area contributed by atoms with E-state index in [-0.39, 0.29) is 0 Å². The number of hydrogen-bond acceptors (Lipinski definition) is 3. The number of aromatic nitrogens is 1. The summed E-state index contributed by atoms with van der Waals surface area (Å²) in [5.41, 5.74) is 2.20. The average Bonchev–Trinajstić information content (AvgIpc) is 2.46. The van der Waals surface area contributed by atoms with Gasteiger partial charge in [0.25, 0.3) is 0 Å². The SMILES string of the molecule is CN(CCc1ccncc1)CC(O)c1ccccc1Br. The first-order valence-corrected chi connectivity index (χ1v) is 7.46. The average molecular weight is 335 g/mol. The molecule has 1 aromatic carbocycles. The molecule has 0 saturated heterocycles. The van der Waals surface area contributed by atoms with Crippen LogP contribution in [0.1, 0.15) is 17.2 Å². The first-order valence-electron chi connectivity index (χ1n) is 6.67. The predicted molar refractivity (Wildman–Crippen MR) is 84.5 cm³/mol. The Morgan fingerprint density at radius 3 is 2.60 bits per heavy atom. The summed E-state index contributed by atoms with van der Waals surface area (Å²) in [4.78, 5) is 6.15. The first kappa shape index (κ1) is 15.2. The maximum atomic E-state index is 10.3. The molecule has 2 aromatic rings. The van der Waals surface area contributed by atoms with Crippen LogP contribution in [0.5, 0.6) is 0 Å². The third-order valence-corrected chi connectivity index (χ3v) is 4.00. The second-order valence-electron chi connectivity index (χ2n) is 4.91. The molecule has 0 saturated carbocycles. The molecule has 0 radical (unpaired) electrons. The van der Waals surface area contributed by atoms with Gasteiger partial charge in [-0.3, -0.25) is 4.98 Å². The van der Waals surface area contributed by atoms with E-state index in [4.69, 9.17) is 0 Å². The van der Waals surface area contributed by atoms with Gasteiger partial charge >= 0.3 is 0 Å². The maximum Gasteiger partial charge on any atom is 0.0927 e. The molecule has 0 aliphatic heterocycles. The lowest BCUT2D eigenvalue weighted by molar-refractivity contribution is 0.127. The molecule has 1 heterocycles. The van der Waals surface area contributed by atoms with Gasteiger partial charge in [0.2, 0.25) is 0 Å². The first-order chi connectivity index (χ1) is 9.66. The van der Waals surface area contributed by atoms with Gasteiger partial charge in [-0.1, -0.05) is 34.1 Å². The van der Waals surface area contributed by atoms with E-state index in [1.54, 1.807) is 0 Å². The zero-order valence-corrected chi connectivity index (χ0v) is 13.1. The zero-order chi connectivity index (χ0) is 14.4. The summed E-state index contributed by atoms with van der Waals surface area (Å²) >= 11 is 3.48. The van der Waals surface area contributed by atoms with Gasteiger partial charge in [0.1, 0.15) is 0 Å². The van der Waals surface area contributed by atoms with E-state index >= 15 is 0 Å². The largest absolute Gasteiger partial charge is 0.387 e. The number of hydrogen-bond donors (Lipinski definition) is 1. The van der Waals surface area contributed by atoms with Gasteiger partial charge in [0, 0.05) is 30.0 Å². The van der Waals surface area contributed by atoms with Gasteiger partial charge in [-0.2, -0.15) is 0 Å². The Bertz CT molecular complexity index is 533. The topological polar surface area (TPSA) is 36.4 Å². The molecule has 0 amide bonds. The van der Waals surface area contributed by atoms with Crippen LogP contribution in [0.3, 0.4) is 0 Å². The molecular weight excluding hydrogens is 316 g/mol. The number of aliphatic hydroxyl groups excluding tert-OH is 1. The van der Waals surface area contributed by atoms with Crippen LogP contribution in [-0.4, -0.2) is 35.1 Å². The van der Waals surface area contributed by atoms with E-state index in [2.05, 4.69) is 25.8 Å². The molecular formula is C16H19BrN2O. The van der Waals surface area contributed by atoms with Gasteiger partial charge in [-0.25, -0.2) is 0 Å². The molecule has 1 atom stereocenters. The van der Waals surface area contributed by atoms with Gasteiger partial charge in [0.15, 0.2) is 0 Å². The van der Waals surface area contributed by atoms with Crippen LogP contribution in [0.15, 0.2) is 53.3 Å². The zero-order valence-electron chi connectivity index (χ0n) is 11.5. The molecule has 0 fully saturated rings. The van der Waals surface area contributed by atoms with E-state index in [0.29, 0.717) is 6.54 Å². The van der Waals surface area contributed by atoms with Crippen molar-refractivity contribution >= 4 is 15.9 Å². The molecule has 4 heteroatoms. The minimum atomic E-state index is -0.479. The highest BCUT2D eigenvalue weighted by atomic mass is 79.9. The predicted octanol–water partition coefficient (Wildman–Crippen LogP) is 3.05. The second kappa shape index (κ2) is 7.53. The number of rotatable bonds is 6. The fourth-order valence-corrected chi connectivity index (χ4v) is 2.65. The minimum absolute atomic E-state index is 0.479. The van der Waals surface area contributed by atoms with Crippen molar-refractivity contribution in [2.45, 2.75) is 12.5 Å². The number of benzene rings is 1. The smallest absolute Gasteiger partial charge is 0.0927 e. The van der Waals surface area contributed by atoms with E-state index < -0.39 is 6.10 Å². The van der Waals surface area contributed by atoms with Gasteiger partial charge in [-0.05, 0) is 42.8 Å². The van der Waals surface area contributed by atoms with Crippen LogP contribution in [0, 0.1) is 0 Å². The number of nitrogens with zero attached hydrogens (tertiary/aromatic N) is 2. The summed E-state index contributed by atoms with van der Waals surface area (Å²) in [7, 11) is 2.03. The summed E-state index contributed by atoms with van der Waals surface area (Å²) in [6.45, 7) is 1.53. The second-order valence-corrected chi connectivity index (χ2v) is 5.76. The Morgan fingerprint density at radius 2 is 1.90 bits per heavy atom. The Morgan fingerprint density at radius 1 is 1.20 bits per heavy atom. The van der Waals surface area contributed by atoms with Crippen molar-refractivity contribution in [2.75, 3.05) is 20.1 Å². The molecule has 1 N–H and O–H groups in total. The molecule has 2 rings (SSSR count). The number of halogens is 1. The molecule has 1 aromatic heterocycles. The summed E-state index contributed by atoms with van der Waals surface area (Å²) in [5.74, 6) is 0. The molecule has 106 valence electrons. The number of pyridine rings is 1. The standard InChI is InChI=1S/C16H19BrN2O/c1-19(11-8-13-6-9-18-10-7-13)12-16(20)14-4-2-3-5-15(14)17/h2-7,9-10,16,20H,8,11-12H2,1H3. The van der Waals surface area contributed by atoms with Crippen molar-refractivity contribution in [3.63, 3.8) is 0 Å². The monoisotopic (exact) mass is 334 g/mol. The van der Waals surface area contributed by atoms with Gasteiger partial charge in [0.05, 0.1) is 6.10 Å². The normalized spacial score (nSPS) is 12.6. The Hall–Kier alpha value is -1.23. The molecule has 3 nitrogen and oxygen atoms in total. The van der Waals surface area contributed by atoms with Crippen LogP contribution < -0.4 is 0 Å².